The molecule has 29 heavy (non-hydrogen) atoms. The van der Waals surface area contributed by atoms with Crippen LogP contribution >= 0.6 is 0 Å². The molecule has 0 unspecified atom stereocenters. The lowest BCUT2D eigenvalue weighted by Crippen LogP contribution is -2.40. The fraction of sp³-hybridized carbons (Fsp3) is 0.333. The maximum atomic E-state index is 12.9. The molecule has 2 heterocycles. The molecule has 1 aromatic carbocycles. The minimum absolute atomic E-state index is 0.0313. The molecular weight excluding hydrogens is 373 g/mol. The Labute approximate surface area is 167 Å². The lowest BCUT2D eigenvalue weighted by molar-refractivity contribution is 0.0884. The zero-order valence-corrected chi connectivity index (χ0v) is 16.1. The maximum absolute atomic E-state index is 12.9. The third kappa shape index (κ3) is 4.42. The van der Waals surface area contributed by atoms with Crippen molar-refractivity contribution in [2.75, 3.05) is 0 Å². The summed E-state index contributed by atoms with van der Waals surface area (Å²) >= 11 is 0. The summed E-state index contributed by atoms with van der Waals surface area (Å²) in [7, 11) is 0. The standard InChI is InChI=1S/C21H22FN5O2/c1-14-19(13-25-27(14)17-5-3-2-4-6-17)20(28)26-16-7-9-18(10-8-16)29-21-23-11-15(22)12-24-21/h2-6,11-13,16,18H,7-10H2,1H3,(H,26,28). The van der Waals surface area contributed by atoms with Crippen LogP contribution in [0.3, 0.4) is 0 Å². The van der Waals surface area contributed by atoms with E-state index in [9.17, 15) is 9.18 Å². The maximum Gasteiger partial charge on any atom is 0.316 e. The van der Waals surface area contributed by atoms with Crippen LogP contribution in [0.1, 0.15) is 41.7 Å². The van der Waals surface area contributed by atoms with Crippen molar-refractivity contribution in [2.24, 2.45) is 0 Å². The van der Waals surface area contributed by atoms with Crippen LogP contribution < -0.4 is 10.1 Å². The molecule has 1 fully saturated rings. The normalized spacial score (nSPS) is 19.0. The Hall–Kier alpha value is -3.29. The molecule has 0 saturated heterocycles. The van der Waals surface area contributed by atoms with Crippen molar-refractivity contribution in [2.45, 2.75) is 44.8 Å². The molecule has 3 aromatic rings. The molecule has 2 aromatic heterocycles. The van der Waals surface area contributed by atoms with Crippen LogP contribution in [0.5, 0.6) is 6.01 Å². The van der Waals surface area contributed by atoms with E-state index in [0.717, 1.165) is 49.5 Å². The highest BCUT2D eigenvalue weighted by atomic mass is 19.1. The molecule has 7 nitrogen and oxygen atoms in total. The third-order valence-corrected chi connectivity index (χ3v) is 5.13. The van der Waals surface area contributed by atoms with E-state index in [4.69, 9.17) is 4.74 Å². The molecule has 1 aliphatic rings. The smallest absolute Gasteiger partial charge is 0.316 e. The number of amides is 1. The second-order valence-electron chi connectivity index (χ2n) is 7.14. The van der Waals surface area contributed by atoms with Gasteiger partial charge in [-0.15, -0.1) is 0 Å². The summed E-state index contributed by atoms with van der Waals surface area (Å²) in [5, 5.41) is 7.46. The molecule has 0 bridgehead atoms. The largest absolute Gasteiger partial charge is 0.460 e. The number of nitrogens with one attached hydrogen (secondary N) is 1. The lowest BCUT2D eigenvalue weighted by atomic mass is 9.93. The molecule has 150 valence electrons. The predicted molar refractivity (Wildman–Crippen MR) is 104 cm³/mol. The Morgan fingerprint density at radius 2 is 1.79 bits per heavy atom. The first-order valence-electron chi connectivity index (χ1n) is 9.65. The van der Waals surface area contributed by atoms with Crippen molar-refractivity contribution in [3.8, 4) is 11.7 Å². The highest BCUT2D eigenvalue weighted by molar-refractivity contribution is 5.95. The lowest BCUT2D eigenvalue weighted by Gasteiger charge is -2.28. The summed E-state index contributed by atoms with van der Waals surface area (Å²) in [5.41, 5.74) is 2.30. The first-order valence-corrected chi connectivity index (χ1v) is 9.65. The van der Waals surface area contributed by atoms with Gasteiger partial charge in [0.1, 0.15) is 6.10 Å². The van der Waals surface area contributed by atoms with Crippen molar-refractivity contribution in [1.82, 2.24) is 25.1 Å². The number of benzene rings is 1. The predicted octanol–water partition coefficient (Wildman–Crippen LogP) is 3.23. The van der Waals surface area contributed by atoms with E-state index in [0.29, 0.717) is 5.56 Å². The zero-order valence-electron chi connectivity index (χ0n) is 16.1. The summed E-state index contributed by atoms with van der Waals surface area (Å²) in [6.45, 7) is 1.89. The van der Waals surface area contributed by atoms with Gasteiger partial charge in [-0.3, -0.25) is 4.79 Å². The van der Waals surface area contributed by atoms with Gasteiger partial charge in [0.2, 0.25) is 0 Å². The fourth-order valence-electron chi connectivity index (χ4n) is 3.56. The summed E-state index contributed by atoms with van der Waals surface area (Å²) in [6, 6.07) is 9.99. The summed E-state index contributed by atoms with van der Waals surface area (Å²) in [4.78, 5) is 20.4. The Bertz CT molecular complexity index is 966. The van der Waals surface area contributed by atoms with Crippen molar-refractivity contribution >= 4 is 5.91 Å². The molecule has 0 atom stereocenters. The van der Waals surface area contributed by atoms with E-state index in [1.165, 1.54) is 0 Å². The molecule has 1 saturated carbocycles. The molecule has 0 spiro atoms. The second kappa shape index (κ2) is 8.38. The van der Waals surface area contributed by atoms with Gasteiger partial charge in [-0.25, -0.2) is 19.0 Å². The summed E-state index contributed by atoms with van der Waals surface area (Å²) < 4.78 is 20.3. The van der Waals surface area contributed by atoms with E-state index in [-0.39, 0.29) is 24.1 Å². The number of halogens is 1. The summed E-state index contributed by atoms with van der Waals surface area (Å²) in [6.07, 6.45) is 6.89. The Morgan fingerprint density at radius 3 is 2.48 bits per heavy atom. The molecule has 0 radical (unpaired) electrons. The number of nitrogens with zero attached hydrogens (tertiary/aromatic N) is 4. The zero-order chi connectivity index (χ0) is 20.2. The third-order valence-electron chi connectivity index (χ3n) is 5.13. The number of carbonyl (C=O) groups excluding carboxylic acids is 1. The summed E-state index contributed by atoms with van der Waals surface area (Å²) in [5.74, 6) is -0.606. The second-order valence-corrected chi connectivity index (χ2v) is 7.14. The monoisotopic (exact) mass is 395 g/mol. The topological polar surface area (TPSA) is 81.9 Å². The molecule has 1 N–H and O–H groups in total. The van der Waals surface area contributed by atoms with E-state index in [2.05, 4.69) is 20.4 Å². The molecule has 8 heteroatoms. The van der Waals surface area contributed by atoms with Crippen molar-refractivity contribution in [1.29, 1.82) is 0 Å². The van der Waals surface area contributed by atoms with Crippen LogP contribution in [0, 0.1) is 12.7 Å². The SMILES string of the molecule is Cc1c(C(=O)NC2CCC(Oc3ncc(F)cn3)CC2)cnn1-c1ccccc1. The minimum atomic E-state index is -0.491. The van der Waals surface area contributed by atoms with E-state index in [1.807, 2.05) is 37.3 Å². The van der Waals surface area contributed by atoms with Crippen LogP contribution in [0.25, 0.3) is 5.69 Å². The van der Waals surface area contributed by atoms with Crippen LogP contribution in [0.15, 0.2) is 48.9 Å². The average Bonchev–Trinajstić information content (AvgIpc) is 3.13. The highest BCUT2D eigenvalue weighted by Crippen LogP contribution is 2.23. The Balaban J connectivity index is 1.32. The number of hydrogen-bond acceptors (Lipinski definition) is 5. The number of rotatable bonds is 5. The van der Waals surface area contributed by atoms with Gasteiger partial charge in [0, 0.05) is 6.04 Å². The molecular formula is C21H22FN5O2. The van der Waals surface area contributed by atoms with E-state index >= 15 is 0 Å². The molecule has 0 aliphatic heterocycles. The van der Waals surface area contributed by atoms with Gasteiger partial charge in [0.15, 0.2) is 5.82 Å². The van der Waals surface area contributed by atoms with Gasteiger partial charge in [-0.2, -0.15) is 5.10 Å². The van der Waals surface area contributed by atoms with Crippen LogP contribution in [-0.2, 0) is 0 Å². The first kappa shape index (κ1) is 19.0. The molecule has 1 aliphatic carbocycles. The van der Waals surface area contributed by atoms with Crippen molar-refractivity contribution < 1.29 is 13.9 Å². The van der Waals surface area contributed by atoms with Gasteiger partial charge in [-0.1, -0.05) is 18.2 Å². The first-order chi connectivity index (χ1) is 14.1. The van der Waals surface area contributed by atoms with Crippen molar-refractivity contribution in [3.05, 3.63) is 66.0 Å². The quantitative estimate of drug-likeness (QED) is 0.717. The van der Waals surface area contributed by atoms with Crippen LogP contribution in [0.4, 0.5) is 4.39 Å². The Kier molecular flexibility index (Phi) is 5.50. The van der Waals surface area contributed by atoms with Gasteiger partial charge >= 0.3 is 6.01 Å². The average molecular weight is 395 g/mol. The van der Waals surface area contributed by atoms with Gasteiger partial charge < -0.3 is 10.1 Å². The number of hydrogen-bond donors (Lipinski definition) is 1. The number of aromatic nitrogens is 4. The number of ether oxygens (including phenoxy) is 1. The number of para-hydroxylation sites is 1. The highest BCUT2D eigenvalue weighted by Gasteiger charge is 2.25. The van der Waals surface area contributed by atoms with E-state index < -0.39 is 5.82 Å². The number of carbonyl (C=O) groups is 1. The van der Waals surface area contributed by atoms with Gasteiger partial charge in [-0.05, 0) is 44.7 Å². The Morgan fingerprint density at radius 1 is 1.10 bits per heavy atom. The van der Waals surface area contributed by atoms with Gasteiger partial charge in [0.05, 0.1) is 35.5 Å². The van der Waals surface area contributed by atoms with Crippen molar-refractivity contribution in [3.63, 3.8) is 0 Å². The van der Waals surface area contributed by atoms with Crippen LogP contribution in [0.2, 0.25) is 0 Å². The molecule has 4 rings (SSSR count). The fourth-order valence-corrected chi connectivity index (χ4v) is 3.56. The molecule has 1 amide bonds. The van der Waals surface area contributed by atoms with E-state index in [1.54, 1.807) is 10.9 Å². The minimum Gasteiger partial charge on any atom is -0.460 e. The van der Waals surface area contributed by atoms with Gasteiger partial charge in [0.25, 0.3) is 5.91 Å². The van der Waals surface area contributed by atoms with Crippen LogP contribution in [-0.4, -0.2) is 37.8 Å².